The highest BCUT2D eigenvalue weighted by atomic mass is 79.9. The van der Waals surface area contributed by atoms with Crippen LogP contribution in [0, 0.1) is 0 Å². The molecule has 0 bridgehead atoms. The number of rotatable bonds is 2. The van der Waals surface area contributed by atoms with Crippen molar-refractivity contribution in [3.05, 3.63) is 50.8 Å². The quantitative estimate of drug-likeness (QED) is 0.913. The molecule has 1 aromatic heterocycles. The first-order valence-electron chi connectivity index (χ1n) is 5.53. The molecule has 1 aliphatic rings. The third-order valence-corrected chi connectivity index (χ3v) is 3.60. The summed E-state index contributed by atoms with van der Waals surface area (Å²) in [5, 5.41) is 10.6. The largest absolute Gasteiger partial charge is 0.493 e. The molecule has 2 aromatic rings. The molecule has 1 unspecified atom stereocenters. The van der Waals surface area contributed by atoms with Crippen molar-refractivity contribution in [3.63, 3.8) is 0 Å². The molecular formula is C13H10BrClO3. The molecule has 2 heterocycles. The first-order valence-corrected chi connectivity index (χ1v) is 6.70. The Bertz CT molecular complexity index is 594. The Morgan fingerprint density at radius 1 is 1.33 bits per heavy atom. The van der Waals surface area contributed by atoms with E-state index in [2.05, 4.69) is 15.9 Å². The minimum Gasteiger partial charge on any atom is -0.493 e. The summed E-state index contributed by atoms with van der Waals surface area (Å²) >= 11 is 9.16. The van der Waals surface area contributed by atoms with E-state index < -0.39 is 6.10 Å². The van der Waals surface area contributed by atoms with Crippen LogP contribution in [0.3, 0.4) is 0 Å². The number of aliphatic hydroxyl groups excluding tert-OH is 1. The molecule has 3 rings (SSSR count). The molecule has 18 heavy (non-hydrogen) atoms. The first-order chi connectivity index (χ1) is 8.65. The molecule has 0 fully saturated rings. The number of hydrogen-bond acceptors (Lipinski definition) is 3. The fourth-order valence-electron chi connectivity index (χ4n) is 2.13. The van der Waals surface area contributed by atoms with Gasteiger partial charge >= 0.3 is 0 Å². The Morgan fingerprint density at radius 3 is 2.89 bits per heavy atom. The number of furan rings is 1. The molecule has 0 amide bonds. The van der Waals surface area contributed by atoms with Crippen molar-refractivity contribution in [1.29, 1.82) is 0 Å². The van der Waals surface area contributed by atoms with Crippen LogP contribution in [0.2, 0.25) is 5.22 Å². The van der Waals surface area contributed by atoms with Crippen LogP contribution in [0.25, 0.3) is 0 Å². The Morgan fingerprint density at radius 2 is 2.17 bits per heavy atom. The van der Waals surface area contributed by atoms with Gasteiger partial charge in [-0.25, -0.2) is 0 Å². The average Bonchev–Trinajstić information content (AvgIpc) is 2.95. The molecule has 5 heteroatoms. The van der Waals surface area contributed by atoms with Gasteiger partial charge in [0, 0.05) is 16.5 Å². The molecule has 0 spiro atoms. The first kappa shape index (κ1) is 12.1. The summed E-state index contributed by atoms with van der Waals surface area (Å²) in [6.45, 7) is 0.643. The molecule has 3 nitrogen and oxygen atoms in total. The van der Waals surface area contributed by atoms with E-state index in [1.807, 2.05) is 12.1 Å². The van der Waals surface area contributed by atoms with Crippen molar-refractivity contribution >= 4 is 27.5 Å². The molecular weight excluding hydrogens is 319 g/mol. The van der Waals surface area contributed by atoms with Gasteiger partial charge in [0.25, 0.3) is 0 Å². The predicted molar refractivity (Wildman–Crippen MR) is 71.1 cm³/mol. The number of aliphatic hydroxyl groups is 1. The Hall–Kier alpha value is -0.970. The van der Waals surface area contributed by atoms with Crippen LogP contribution in [0.5, 0.6) is 5.75 Å². The van der Waals surface area contributed by atoms with Gasteiger partial charge in [0.05, 0.1) is 6.61 Å². The maximum Gasteiger partial charge on any atom is 0.193 e. The maximum absolute atomic E-state index is 10.3. The standard InChI is InChI=1S/C13H10BrClO3/c14-8-5-7-3-4-17-13(7)9(6-8)12(16)10-1-2-11(15)18-10/h1-2,5-6,12,16H,3-4H2. The van der Waals surface area contributed by atoms with E-state index in [4.69, 9.17) is 20.8 Å². The molecule has 94 valence electrons. The van der Waals surface area contributed by atoms with Crippen molar-refractivity contribution in [2.24, 2.45) is 0 Å². The highest BCUT2D eigenvalue weighted by Gasteiger charge is 2.24. The van der Waals surface area contributed by atoms with Crippen LogP contribution in [0.4, 0.5) is 0 Å². The van der Waals surface area contributed by atoms with E-state index in [0.717, 1.165) is 22.2 Å². The van der Waals surface area contributed by atoms with Crippen LogP contribution in [0.15, 0.2) is 33.2 Å². The van der Waals surface area contributed by atoms with Gasteiger partial charge in [-0.1, -0.05) is 15.9 Å². The fraction of sp³-hybridized carbons (Fsp3) is 0.231. The van der Waals surface area contributed by atoms with Crippen LogP contribution in [0.1, 0.15) is 23.0 Å². The lowest BCUT2D eigenvalue weighted by molar-refractivity contribution is 0.184. The molecule has 0 saturated carbocycles. The van der Waals surface area contributed by atoms with Gasteiger partial charge in [-0.05, 0) is 41.4 Å². The fourth-order valence-corrected chi connectivity index (χ4v) is 2.80. The van der Waals surface area contributed by atoms with E-state index in [0.29, 0.717) is 17.9 Å². The van der Waals surface area contributed by atoms with Crippen LogP contribution >= 0.6 is 27.5 Å². The highest BCUT2D eigenvalue weighted by molar-refractivity contribution is 9.10. The lowest BCUT2D eigenvalue weighted by Gasteiger charge is -2.13. The number of fused-ring (bicyclic) bond motifs is 1. The van der Waals surface area contributed by atoms with Crippen molar-refractivity contribution < 1.29 is 14.3 Å². The maximum atomic E-state index is 10.3. The predicted octanol–water partition coefficient (Wildman–Crippen LogP) is 3.71. The monoisotopic (exact) mass is 328 g/mol. The second-order valence-electron chi connectivity index (χ2n) is 4.13. The zero-order valence-electron chi connectivity index (χ0n) is 9.32. The topological polar surface area (TPSA) is 42.6 Å². The van der Waals surface area contributed by atoms with Crippen LogP contribution in [-0.4, -0.2) is 11.7 Å². The van der Waals surface area contributed by atoms with E-state index >= 15 is 0 Å². The number of benzene rings is 1. The SMILES string of the molecule is OC(c1ccc(Cl)o1)c1cc(Br)cc2c1OCC2. The van der Waals surface area contributed by atoms with E-state index in [-0.39, 0.29) is 5.22 Å². The summed E-state index contributed by atoms with van der Waals surface area (Å²) in [5.74, 6) is 1.16. The van der Waals surface area contributed by atoms with Crippen molar-refractivity contribution in [2.45, 2.75) is 12.5 Å². The summed E-state index contributed by atoms with van der Waals surface area (Å²) in [7, 11) is 0. The van der Waals surface area contributed by atoms with E-state index in [1.165, 1.54) is 0 Å². The van der Waals surface area contributed by atoms with Crippen LogP contribution < -0.4 is 4.74 Å². The molecule has 1 atom stereocenters. The second kappa shape index (κ2) is 4.61. The van der Waals surface area contributed by atoms with Gasteiger partial charge in [-0.2, -0.15) is 0 Å². The second-order valence-corrected chi connectivity index (χ2v) is 5.41. The lowest BCUT2D eigenvalue weighted by Crippen LogP contribution is -2.01. The minimum atomic E-state index is -0.873. The lowest BCUT2D eigenvalue weighted by atomic mass is 10.0. The van der Waals surface area contributed by atoms with Gasteiger partial charge in [0.2, 0.25) is 0 Å². The normalized spacial score (nSPS) is 15.3. The van der Waals surface area contributed by atoms with Crippen LogP contribution in [-0.2, 0) is 6.42 Å². The third-order valence-electron chi connectivity index (χ3n) is 2.94. The minimum absolute atomic E-state index is 0.261. The summed E-state index contributed by atoms with van der Waals surface area (Å²) in [6, 6.07) is 7.12. The highest BCUT2D eigenvalue weighted by Crippen LogP contribution is 2.39. The van der Waals surface area contributed by atoms with Gasteiger partial charge < -0.3 is 14.3 Å². The Balaban J connectivity index is 2.06. The molecule has 0 aliphatic carbocycles. The summed E-state index contributed by atoms with van der Waals surface area (Å²) in [5.41, 5.74) is 1.79. The molecule has 0 saturated heterocycles. The third kappa shape index (κ3) is 2.05. The van der Waals surface area contributed by atoms with Crippen molar-refractivity contribution in [3.8, 4) is 5.75 Å². The summed E-state index contributed by atoms with van der Waals surface area (Å²) < 4.78 is 11.7. The number of halogens is 2. The van der Waals surface area contributed by atoms with E-state index in [9.17, 15) is 5.11 Å². The van der Waals surface area contributed by atoms with Crippen molar-refractivity contribution in [1.82, 2.24) is 0 Å². The molecule has 0 radical (unpaired) electrons. The molecule has 1 aliphatic heterocycles. The zero-order valence-corrected chi connectivity index (χ0v) is 11.7. The Labute approximate surface area is 117 Å². The van der Waals surface area contributed by atoms with Crippen molar-refractivity contribution in [2.75, 3.05) is 6.61 Å². The van der Waals surface area contributed by atoms with Gasteiger partial charge in [-0.3, -0.25) is 0 Å². The summed E-state index contributed by atoms with van der Waals surface area (Å²) in [6.07, 6.45) is -0.0187. The summed E-state index contributed by atoms with van der Waals surface area (Å²) in [4.78, 5) is 0. The molecule has 1 aromatic carbocycles. The number of hydrogen-bond donors (Lipinski definition) is 1. The van der Waals surface area contributed by atoms with Gasteiger partial charge in [-0.15, -0.1) is 0 Å². The zero-order chi connectivity index (χ0) is 12.7. The van der Waals surface area contributed by atoms with E-state index in [1.54, 1.807) is 12.1 Å². The average molecular weight is 330 g/mol. The molecule has 1 N–H and O–H groups in total. The van der Waals surface area contributed by atoms with Gasteiger partial charge in [0.1, 0.15) is 17.6 Å². The smallest absolute Gasteiger partial charge is 0.193 e. The Kier molecular flexibility index (Phi) is 3.09. The number of ether oxygens (including phenoxy) is 1. The van der Waals surface area contributed by atoms with Gasteiger partial charge in [0.15, 0.2) is 5.22 Å².